The lowest BCUT2D eigenvalue weighted by atomic mass is 10.8. The second kappa shape index (κ2) is 2.56. The fourth-order valence-electron chi connectivity index (χ4n) is 0.0504. The number of nitrogens with zero attached hydrogens (tertiary/aromatic N) is 1. The lowest BCUT2D eigenvalue weighted by Gasteiger charge is -1.76. The molecule has 0 aliphatic heterocycles. The molecule has 0 aliphatic rings. The topological polar surface area (TPSA) is 32.6 Å². The molecule has 0 radical (unpaired) electrons. The van der Waals surface area contributed by atoms with E-state index in [4.69, 9.17) is 5.21 Å². The Hall–Kier alpha value is -0.670. The number of halogens is 2. The molecule has 6 heavy (non-hydrogen) atoms. The van der Waals surface area contributed by atoms with Gasteiger partial charge in [-0.2, -0.15) is 0 Å². The Morgan fingerprint density at radius 1 is 1.67 bits per heavy atom. The van der Waals surface area contributed by atoms with Gasteiger partial charge in [0.15, 0.2) is 0 Å². The summed E-state index contributed by atoms with van der Waals surface area (Å²) in [6, 6.07) is 0. The summed E-state index contributed by atoms with van der Waals surface area (Å²) in [5, 5.41) is 9.39. The monoisotopic (exact) mass is 95.0 g/mol. The molecule has 0 fully saturated rings. The maximum atomic E-state index is 10.7. The van der Waals surface area contributed by atoms with Gasteiger partial charge in [-0.1, -0.05) is 5.16 Å². The van der Waals surface area contributed by atoms with Crippen molar-refractivity contribution in [1.29, 1.82) is 0 Å². The lowest BCUT2D eigenvalue weighted by Crippen LogP contribution is -1.88. The van der Waals surface area contributed by atoms with Gasteiger partial charge >= 0.3 is 0 Å². The minimum absolute atomic E-state index is 0.139. The van der Waals surface area contributed by atoms with E-state index in [1.807, 2.05) is 0 Å². The molecular formula is C2H3F2NO. The van der Waals surface area contributed by atoms with Gasteiger partial charge < -0.3 is 5.21 Å². The first-order valence-corrected chi connectivity index (χ1v) is 1.23. The van der Waals surface area contributed by atoms with E-state index in [1.54, 1.807) is 0 Å². The summed E-state index contributed by atoms with van der Waals surface area (Å²) in [5.74, 6) is 0. The van der Waals surface area contributed by atoms with Gasteiger partial charge in [-0.25, -0.2) is 8.78 Å². The highest BCUT2D eigenvalue weighted by molar-refractivity contribution is 5.59. The number of hydrogen-bond acceptors (Lipinski definition) is 2. The maximum Gasteiger partial charge on any atom is 0.276 e. The molecule has 0 bridgehead atoms. The van der Waals surface area contributed by atoms with Crippen molar-refractivity contribution < 1.29 is 14.0 Å². The van der Waals surface area contributed by atoms with E-state index in [0.717, 1.165) is 0 Å². The maximum absolute atomic E-state index is 10.7. The molecule has 0 heterocycles. The highest BCUT2D eigenvalue weighted by atomic mass is 19.3. The van der Waals surface area contributed by atoms with Crippen LogP contribution in [0, 0.1) is 0 Å². The van der Waals surface area contributed by atoms with Gasteiger partial charge in [-0.05, 0) is 0 Å². The molecule has 0 aromatic rings. The van der Waals surface area contributed by atoms with Gasteiger partial charge in [-0.3, -0.25) is 0 Å². The standard InChI is InChI=1S/C2H3F2NO/c3-2(4)1-5-6/h1-2,6H/b5-1+. The molecule has 0 atom stereocenters. The smallest absolute Gasteiger partial charge is 0.276 e. The Morgan fingerprint density at radius 2 is 2.17 bits per heavy atom. The van der Waals surface area contributed by atoms with E-state index in [1.165, 1.54) is 0 Å². The number of alkyl halides is 2. The van der Waals surface area contributed by atoms with Crippen LogP contribution in [-0.2, 0) is 0 Å². The largest absolute Gasteiger partial charge is 0.411 e. The Bertz CT molecular complexity index is 53.5. The molecule has 36 valence electrons. The van der Waals surface area contributed by atoms with Crippen LogP contribution in [0.4, 0.5) is 8.78 Å². The van der Waals surface area contributed by atoms with Crippen LogP contribution in [-0.4, -0.2) is 17.8 Å². The van der Waals surface area contributed by atoms with Crippen LogP contribution in [0.5, 0.6) is 0 Å². The third kappa shape index (κ3) is 3.33. The summed E-state index contributed by atoms with van der Waals surface area (Å²) >= 11 is 0. The van der Waals surface area contributed by atoms with Crippen LogP contribution in [0.25, 0.3) is 0 Å². The summed E-state index contributed by atoms with van der Waals surface area (Å²) in [6.45, 7) is 0. The van der Waals surface area contributed by atoms with Crippen LogP contribution < -0.4 is 0 Å². The molecular weight excluding hydrogens is 92.0 g/mol. The second-order valence-corrected chi connectivity index (χ2v) is 0.599. The van der Waals surface area contributed by atoms with Crippen LogP contribution in [0.2, 0.25) is 0 Å². The van der Waals surface area contributed by atoms with Crippen molar-refractivity contribution in [2.45, 2.75) is 6.43 Å². The fourth-order valence-corrected chi connectivity index (χ4v) is 0.0504. The molecule has 0 amide bonds. The predicted molar refractivity (Wildman–Crippen MR) is 16.3 cm³/mol. The molecule has 0 saturated carbocycles. The summed E-state index contributed by atoms with van der Waals surface area (Å²) in [6.07, 6.45) is -2.50. The molecule has 0 aromatic carbocycles. The minimum atomic E-state index is -2.64. The molecule has 0 aliphatic carbocycles. The van der Waals surface area contributed by atoms with Gasteiger partial charge in [-0.15, -0.1) is 0 Å². The molecule has 0 saturated heterocycles. The molecule has 0 aromatic heterocycles. The third-order valence-corrected chi connectivity index (χ3v) is 0.179. The van der Waals surface area contributed by atoms with Crippen LogP contribution >= 0.6 is 0 Å². The molecule has 0 unspecified atom stereocenters. The number of rotatable bonds is 1. The van der Waals surface area contributed by atoms with Gasteiger partial charge in [0.05, 0.1) is 0 Å². The van der Waals surface area contributed by atoms with Crippen LogP contribution in [0.3, 0.4) is 0 Å². The van der Waals surface area contributed by atoms with E-state index in [9.17, 15) is 8.78 Å². The van der Waals surface area contributed by atoms with Crippen molar-refractivity contribution in [1.82, 2.24) is 0 Å². The van der Waals surface area contributed by atoms with E-state index in [0.29, 0.717) is 0 Å². The Kier molecular flexibility index (Phi) is 2.27. The highest BCUT2D eigenvalue weighted by Crippen LogP contribution is 1.82. The van der Waals surface area contributed by atoms with Crippen molar-refractivity contribution >= 4 is 6.21 Å². The Morgan fingerprint density at radius 3 is 2.17 bits per heavy atom. The van der Waals surface area contributed by atoms with Gasteiger partial charge in [0.1, 0.15) is 6.21 Å². The zero-order chi connectivity index (χ0) is 4.99. The fraction of sp³-hybridized carbons (Fsp3) is 0.500. The normalized spacial score (nSPS) is 11.2. The van der Waals surface area contributed by atoms with Crippen LogP contribution in [0.1, 0.15) is 0 Å². The van der Waals surface area contributed by atoms with Crippen molar-refractivity contribution in [2.75, 3.05) is 0 Å². The van der Waals surface area contributed by atoms with E-state index < -0.39 is 6.43 Å². The zero-order valence-electron chi connectivity index (χ0n) is 2.81. The first-order chi connectivity index (χ1) is 2.77. The summed E-state index contributed by atoms with van der Waals surface area (Å²) in [5.41, 5.74) is 0. The minimum Gasteiger partial charge on any atom is -0.411 e. The van der Waals surface area contributed by atoms with Gasteiger partial charge in [0.2, 0.25) is 0 Å². The number of oxime groups is 1. The molecule has 0 rings (SSSR count). The van der Waals surface area contributed by atoms with Crippen molar-refractivity contribution in [3.63, 3.8) is 0 Å². The van der Waals surface area contributed by atoms with E-state index in [2.05, 4.69) is 5.16 Å². The molecule has 0 spiro atoms. The Labute approximate surface area is 33.1 Å². The zero-order valence-corrected chi connectivity index (χ0v) is 2.81. The van der Waals surface area contributed by atoms with Gasteiger partial charge in [0, 0.05) is 0 Å². The number of hydrogen-bond donors (Lipinski definition) is 1. The molecule has 4 heteroatoms. The summed E-state index contributed by atoms with van der Waals surface area (Å²) in [7, 11) is 0. The van der Waals surface area contributed by atoms with E-state index in [-0.39, 0.29) is 6.21 Å². The van der Waals surface area contributed by atoms with Crippen molar-refractivity contribution in [3.05, 3.63) is 0 Å². The summed E-state index contributed by atoms with van der Waals surface area (Å²) < 4.78 is 21.5. The van der Waals surface area contributed by atoms with Crippen molar-refractivity contribution in [3.8, 4) is 0 Å². The lowest BCUT2D eigenvalue weighted by molar-refractivity contribution is 0.221. The molecule has 1 N–H and O–H groups in total. The average molecular weight is 95.0 g/mol. The Balaban J connectivity index is 3.03. The third-order valence-electron chi connectivity index (χ3n) is 0.179. The van der Waals surface area contributed by atoms with E-state index >= 15 is 0 Å². The van der Waals surface area contributed by atoms with Crippen LogP contribution in [0.15, 0.2) is 5.16 Å². The van der Waals surface area contributed by atoms with Crippen molar-refractivity contribution in [2.24, 2.45) is 5.16 Å². The molecule has 2 nitrogen and oxygen atoms in total. The first kappa shape index (κ1) is 5.33. The first-order valence-electron chi connectivity index (χ1n) is 1.23. The quantitative estimate of drug-likeness (QED) is 0.290. The predicted octanol–water partition coefficient (Wildman–Crippen LogP) is 0.712. The average Bonchev–Trinajstić information content (AvgIpc) is 1.35. The second-order valence-electron chi connectivity index (χ2n) is 0.599. The summed E-state index contributed by atoms with van der Waals surface area (Å²) in [4.78, 5) is 0. The van der Waals surface area contributed by atoms with Gasteiger partial charge in [0.25, 0.3) is 6.43 Å². The highest BCUT2D eigenvalue weighted by Gasteiger charge is 1.91. The SMILES string of the molecule is O/N=C/C(F)F.